The van der Waals surface area contributed by atoms with Crippen molar-refractivity contribution in [3.63, 3.8) is 0 Å². The fourth-order valence-electron chi connectivity index (χ4n) is 3.41. The molecule has 0 spiro atoms. The van der Waals surface area contributed by atoms with Crippen LogP contribution in [-0.4, -0.2) is 32.3 Å². The Bertz CT molecular complexity index is 839. The highest BCUT2D eigenvalue weighted by atomic mass is 19.1. The normalized spacial score (nSPS) is 18.1. The Labute approximate surface area is 146 Å². The molecule has 0 aliphatic carbocycles. The lowest BCUT2D eigenvalue weighted by Crippen LogP contribution is -2.32. The van der Waals surface area contributed by atoms with Crippen LogP contribution in [0, 0.1) is 12.7 Å². The number of hydrogen-bond acceptors (Lipinski definition) is 4. The number of aromatic nitrogens is 3. The third-order valence-electron chi connectivity index (χ3n) is 4.67. The Morgan fingerprint density at radius 1 is 1.28 bits per heavy atom. The number of hydrogen-bond donors (Lipinski definition) is 0. The van der Waals surface area contributed by atoms with Crippen LogP contribution in [0.25, 0.3) is 11.5 Å². The number of aryl methyl sites for hydroxylation is 1. The lowest BCUT2D eigenvalue weighted by atomic mass is 10.2. The second kappa shape index (κ2) is 6.80. The first-order valence-corrected chi connectivity index (χ1v) is 8.61. The maximum Gasteiger partial charge on any atom is 0.226 e. The van der Waals surface area contributed by atoms with Crippen molar-refractivity contribution >= 4 is 0 Å². The van der Waals surface area contributed by atoms with E-state index in [4.69, 9.17) is 4.42 Å². The molecule has 0 radical (unpaired) electrons. The lowest BCUT2D eigenvalue weighted by Gasteiger charge is -2.23. The van der Waals surface area contributed by atoms with Gasteiger partial charge in [-0.15, -0.1) is 0 Å². The van der Waals surface area contributed by atoms with Gasteiger partial charge in [0.1, 0.15) is 12.1 Å². The van der Waals surface area contributed by atoms with Crippen molar-refractivity contribution in [1.29, 1.82) is 0 Å². The van der Waals surface area contributed by atoms with Gasteiger partial charge in [0.15, 0.2) is 0 Å². The molecule has 0 N–H and O–H groups in total. The predicted molar refractivity (Wildman–Crippen MR) is 92.3 cm³/mol. The zero-order chi connectivity index (χ0) is 17.2. The Hall–Kier alpha value is -2.47. The summed E-state index contributed by atoms with van der Waals surface area (Å²) < 4.78 is 20.6. The summed E-state index contributed by atoms with van der Waals surface area (Å²) in [4.78, 5) is 7.00. The molecule has 3 heterocycles. The Morgan fingerprint density at radius 2 is 2.12 bits per heavy atom. The molecular weight excluding hydrogens is 319 g/mol. The lowest BCUT2D eigenvalue weighted by molar-refractivity contribution is 0.216. The molecule has 1 fully saturated rings. The van der Waals surface area contributed by atoms with Crippen LogP contribution in [0.4, 0.5) is 4.39 Å². The molecule has 0 bridgehead atoms. The van der Waals surface area contributed by atoms with Crippen molar-refractivity contribution in [2.75, 3.05) is 6.54 Å². The van der Waals surface area contributed by atoms with Gasteiger partial charge in [-0.25, -0.2) is 9.37 Å². The minimum Gasteiger partial charge on any atom is -0.444 e. The smallest absolute Gasteiger partial charge is 0.226 e. The summed E-state index contributed by atoms with van der Waals surface area (Å²) in [5.74, 6) is 0.276. The number of halogens is 1. The summed E-state index contributed by atoms with van der Waals surface area (Å²) in [5.41, 5.74) is 2.88. The molecule has 0 unspecified atom stereocenters. The van der Waals surface area contributed by atoms with Crippen LogP contribution in [0.5, 0.6) is 0 Å². The van der Waals surface area contributed by atoms with Gasteiger partial charge in [-0.1, -0.05) is 0 Å². The van der Waals surface area contributed by atoms with Crippen molar-refractivity contribution in [3.8, 4) is 11.5 Å². The second-order valence-electron chi connectivity index (χ2n) is 6.66. The van der Waals surface area contributed by atoms with E-state index in [1.165, 1.54) is 30.5 Å². The zero-order valence-corrected chi connectivity index (χ0v) is 14.2. The molecule has 6 heteroatoms. The topological polar surface area (TPSA) is 47.1 Å². The minimum atomic E-state index is -0.260. The van der Waals surface area contributed by atoms with Gasteiger partial charge in [0.2, 0.25) is 5.89 Å². The number of nitrogens with zero attached hydrogens (tertiary/aromatic N) is 4. The maximum atomic E-state index is 13.0. The van der Waals surface area contributed by atoms with E-state index in [9.17, 15) is 4.39 Å². The molecule has 4 rings (SSSR count). The van der Waals surface area contributed by atoms with Crippen LogP contribution >= 0.6 is 0 Å². The molecule has 1 saturated heterocycles. The van der Waals surface area contributed by atoms with Crippen molar-refractivity contribution in [2.45, 2.75) is 38.9 Å². The van der Waals surface area contributed by atoms with Crippen LogP contribution < -0.4 is 0 Å². The van der Waals surface area contributed by atoms with E-state index in [0.29, 0.717) is 11.9 Å². The zero-order valence-electron chi connectivity index (χ0n) is 14.2. The van der Waals surface area contributed by atoms with Crippen LogP contribution in [0.1, 0.15) is 24.1 Å². The quantitative estimate of drug-likeness (QED) is 0.711. The van der Waals surface area contributed by atoms with Gasteiger partial charge in [-0.3, -0.25) is 9.58 Å². The van der Waals surface area contributed by atoms with E-state index in [1.54, 1.807) is 18.4 Å². The molecule has 1 aliphatic heterocycles. The highest BCUT2D eigenvalue weighted by molar-refractivity contribution is 5.52. The molecule has 2 aromatic heterocycles. The van der Waals surface area contributed by atoms with Gasteiger partial charge in [0, 0.05) is 24.3 Å². The first-order chi connectivity index (χ1) is 12.2. The highest BCUT2D eigenvalue weighted by Crippen LogP contribution is 2.24. The molecule has 1 aromatic carbocycles. The molecule has 3 aromatic rings. The van der Waals surface area contributed by atoms with Crippen molar-refractivity contribution in [2.24, 2.45) is 0 Å². The first kappa shape index (κ1) is 16.0. The van der Waals surface area contributed by atoms with Crippen LogP contribution in [0.2, 0.25) is 0 Å². The largest absolute Gasteiger partial charge is 0.444 e. The van der Waals surface area contributed by atoms with Gasteiger partial charge < -0.3 is 4.42 Å². The fraction of sp³-hybridized carbons (Fsp3) is 0.368. The average molecular weight is 340 g/mol. The average Bonchev–Trinajstić information content (AvgIpc) is 3.32. The van der Waals surface area contributed by atoms with Crippen LogP contribution in [-0.2, 0) is 13.1 Å². The predicted octanol–water partition coefficient (Wildman–Crippen LogP) is 3.65. The minimum absolute atomic E-state index is 0.260. The SMILES string of the molecule is Cc1cnn(C[C@H]2CCCN2Cc2coc(-c3ccc(F)cc3)n2)c1. The van der Waals surface area contributed by atoms with Crippen molar-refractivity contribution < 1.29 is 8.81 Å². The van der Waals surface area contributed by atoms with E-state index in [1.807, 2.05) is 10.9 Å². The summed E-state index contributed by atoms with van der Waals surface area (Å²) in [7, 11) is 0. The second-order valence-corrected chi connectivity index (χ2v) is 6.66. The van der Waals surface area contributed by atoms with Crippen LogP contribution in [0.15, 0.2) is 47.3 Å². The Morgan fingerprint density at radius 3 is 2.88 bits per heavy atom. The van der Waals surface area contributed by atoms with Gasteiger partial charge in [0.25, 0.3) is 0 Å². The summed E-state index contributed by atoms with van der Waals surface area (Å²) in [6.45, 7) is 4.78. The fourth-order valence-corrected chi connectivity index (χ4v) is 3.41. The molecule has 0 amide bonds. The summed E-state index contributed by atoms with van der Waals surface area (Å²) in [5, 5.41) is 4.40. The monoisotopic (exact) mass is 340 g/mol. The third kappa shape index (κ3) is 3.64. The molecule has 5 nitrogen and oxygen atoms in total. The van der Waals surface area contributed by atoms with Gasteiger partial charge in [0.05, 0.1) is 18.4 Å². The van der Waals surface area contributed by atoms with E-state index in [-0.39, 0.29) is 5.82 Å². The molecule has 25 heavy (non-hydrogen) atoms. The summed E-state index contributed by atoms with van der Waals surface area (Å²) in [6.07, 6.45) is 8.03. The van der Waals surface area contributed by atoms with E-state index in [0.717, 1.165) is 30.9 Å². The molecule has 0 saturated carbocycles. The highest BCUT2D eigenvalue weighted by Gasteiger charge is 2.26. The number of rotatable bonds is 5. The molecule has 1 aliphatic rings. The first-order valence-electron chi connectivity index (χ1n) is 8.61. The van der Waals surface area contributed by atoms with E-state index < -0.39 is 0 Å². The number of benzene rings is 1. The third-order valence-corrected chi connectivity index (χ3v) is 4.67. The van der Waals surface area contributed by atoms with E-state index >= 15 is 0 Å². The summed E-state index contributed by atoms with van der Waals surface area (Å²) >= 11 is 0. The maximum absolute atomic E-state index is 13.0. The molecule has 1 atom stereocenters. The van der Waals surface area contributed by atoms with Crippen LogP contribution in [0.3, 0.4) is 0 Å². The number of oxazole rings is 1. The van der Waals surface area contributed by atoms with Gasteiger partial charge in [-0.2, -0.15) is 5.10 Å². The van der Waals surface area contributed by atoms with E-state index in [2.05, 4.69) is 28.1 Å². The summed E-state index contributed by atoms with van der Waals surface area (Å²) in [6, 6.07) is 6.67. The Balaban J connectivity index is 1.43. The Kier molecular flexibility index (Phi) is 4.36. The van der Waals surface area contributed by atoms with Gasteiger partial charge in [-0.05, 0) is 56.1 Å². The molecule has 130 valence electrons. The van der Waals surface area contributed by atoms with Crippen molar-refractivity contribution in [3.05, 3.63) is 60.0 Å². The molecular formula is C19H21FN4O. The van der Waals surface area contributed by atoms with Gasteiger partial charge >= 0.3 is 0 Å². The number of likely N-dealkylation sites (tertiary alicyclic amines) is 1. The van der Waals surface area contributed by atoms with Crippen molar-refractivity contribution in [1.82, 2.24) is 19.7 Å². The standard InChI is InChI=1S/C19H21FN4O/c1-14-9-21-24(10-14)12-18-3-2-8-23(18)11-17-13-25-19(22-17)15-4-6-16(20)7-5-15/h4-7,9-10,13,18H,2-3,8,11-12H2,1H3/t18-/m1/s1.